The van der Waals surface area contributed by atoms with Gasteiger partial charge in [0.1, 0.15) is 11.6 Å². The summed E-state index contributed by atoms with van der Waals surface area (Å²) in [6.45, 7) is 3.83. The van der Waals surface area contributed by atoms with Crippen LogP contribution in [-0.4, -0.2) is 42.7 Å². The molecule has 0 amide bonds. The number of nitrogens with one attached hydrogen (secondary N) is 1. The van der Waals surface area contributed by atoms with Gasteiger partial charge in [-0.3, -0.25) is 4.90 Å². The van der Waals surface area contributed by atoms with Gasteiger partial charge in [-0.25, -0.2) is 8.78 Å². The van der Waals surface area contributed by atoms with Crippen LogP contribution in [-0.2, 0) is 0 Å². The standard InChI is InChI=1S/C13H18F2N2O/c14-10-2-3-12(15)11(8-10)13(18)9-17-6-1-4-16-5-7-17/h2-3,8,13,16,18H,1,4-7,9H2. The van der Waals surface area contributed by atoms with E-state index in [0.717, 1.165) is 50.8 Å². The van der Waals surface area contributed by atoms with Gasteiger partial charge in [0.25, 0.3) is 0 Å². The molecule has 0 saturated carbocycles. The molecule has 5 heteroatoms. The van der Waals surface area contributed by atoms with Gasteiger partial charge in [0.05, 0.1) is 6.10 Å². The number of hydrogen-bond acceptors (Lipinski definition) is 3. The summed E-state index contributed by atoms with van der Waals surface area (Å²) in [5, 5.41) is 13.3. The first-order valence-electron chi connectivity index (χ1n) is 6.23. The normalized spacial score (nSPS) is 19.5. The molecule has 3 nitrogen and oxygen atoms in total. The van der Waals surface area contributed by atoms with E-state index in [1.165, 1.54) is 0 Å². The van der Waals surface area contributed by atoms with Crippen molar-refractivity contribution in [1.82, 2.24) is 10.2 Å². The Labute approximate surface area is 105 Å². The number of β-amino-alcohol motifs (C(OH)–C–C–N with tert-alkyl or cyclic N) is 1. The van der Waals surface area contributed by atoms with Crippen LogP contribution >= 0.6 is 0 Å². The summed E-state index contributed by atoms with van der Waals surface area (Å²) in [4.78, 5) is 2.06. The van der Waals surface area contributed by atoms with E-state index in [-0.39, 0.29) is 5.56 Å². The minimum absolute atomic E-state index is 0.0345. The maximum absolute atomic E-state index is 13.5. The van der Waals surface area contributed by atoms with Crippen LogP contribution in [0.2, 0.25) is 0 Å². The molecule has 1 heterocycles. The van der Waals surface area contributed by atoms with Crippen molar-refractivity contribution in [3.05, 3.63) is 35.4 Å². The monoisotopic (exact) mass is 256 g/mol. The van der Waals surface area contributed by atoms with Gasteiger partial charge in [0.2, 0.25) is 0 Å². The highest BCUT2D eigenvalue weighted by Crippen LogP contribution is 2.19. The lowest BCUT2D eigenvalue weighted by atomic mass is 10.1. The van der Waals surface area contributed by atoms with Crippen molar-refractivity contribution in [1.29, 1.82) is 0 Å². The molecule has 18 heavy (non-hydrogen) atoms. The van der Waals surface area contributed by atoms with Crippen LogP contribution in [0.25, 0.3) is 0 Å². The third-order valence-corrected chi connectivity index (χ3v) is 3.18. The van der Waals surface area contributed by atoms with Crippen molar-refractivity contribution in [3.63, 3.8) is 0 Å². The summed E-state index contributed by atoms with van der Waals surface area (Å²) >= 11 is 0. The smallest absolute Gasteiger partial charge is 0.129 e. The molecule has 0 spiro atoms. The zero-order chi connectivity index (χ0) is 13.0. The van der Waals surface area contributed by atoms with Gasteiger partial charge in [0, 0.05) is 25.2 Å². The number of hydrogen-bond donors (Lipinski definition) is 2. The van der Waals surface area contributed by atoms with Gasteiger partial charge >= 0.3 is 0 Å². The molecule has 1 fully saturated rings. The van der Waals surface area contributed by atoms with Crippen LogP contribution in [0.4, 0.5) is 8.78 Å². The van der Waals surface area contributed by atoms with Gasteiger partial charge < -0.3 is 10.4 Å². The number of aliphatic hydroxyl groups excluding tert-OH is 1. The Kier molecular flexibility index (Phi) is 4.63. The van der Waals surface area contributed by atoms with Gasteiger partial charge in [-0.2, -0.15) is 0 Å². The predicted octanol–water partition coefficient (Wildman–Crippen LogP) is 1.29. The third kappa shape index (κ3) is 3.48. The zero-order valence-corrected chi connectivity index (χ0v) is 10.2. The van der Waals surface area contributed by atoms with E-state index < -0.39 is 17.7 Å². The summed E-state index contributed by atoms with van der Waals surface area (Å²) < 4.78 is 26.5. The summed E-state index contributed by atoms with van der Waals surface area (Å²) in [5.74, 6) is -1.08. The fraction of sp³-hybridized carbons (Fsp3) is 0.538. The molecule has 0 aliphatic carbocycles. The van der Waals surface area contributed by atoms with Crippen molar-refractivity contribution >= 4 is 0 Å². The van der Waals surface area contributed by atoms with E-state index in [4.69, 9.17) is 0 Å². The van der Waals surface area contributed by atoms with Crippen molar-refractivity contribution in [3.8, 4) is 0 Å². The quantitative estimate of drug-likeness (QED) is 0.855. The summed E-state index contributed by atoms with van der Waals surface area (Å²) in [6, 6.07) is 3.18. The van der Waals surface area contributed by atoms with Crippen LogP contribution in [0.3, 0.4) is 0 Å². The Hall–Kier alpha value is -1.04. The lowest BCUT2D eigenvalue weighted by molar-refractivity contribution is 0.113. The first-order valence-corrected chi connectivity index (χ1v) is 6.23. The SMILES string of the molecule is OC(CN1CCCNCC1)c1cc(F)ccc1F. The minimum atomic E-state index is -0.987. The van der Waals surface area contributed by atoms with Crippen molar-refractivity contribution in [2.24, 2.45) is 0 Å². The Bertz CT molecular complexity index is 393. The molecule has 2 rings (SSSR count). The lowest BCUT2D eigenvalue weighted by Crippen LogP contribution is -2.32. The first kappa shape index (κ1) is 13.4. The molecule has 1 aromatic rings. The topological polar surface area (TPSA) is 35.5 Å². The number of rotatable bonds is 3. The maximum Gasteiger partial charge on any atom is 0.129 e. The second-order valence-corrected chi connectivity index (χ2v) is 4.59. The van der Waals surface area contributed by atoms with Gasteiger partial charge in [0.15, 0.2) is 0 Å². The summed E-state index contributed by atoms with van der Waals surface area (Å²) in [5.41, 5.74) is 0.0345. The van der Waals surface area contributed by atoms with E-state index in [9.17, 15) is 13.9 Å². The maximum atomic E-state index is 13.5. The van der Waals surface area contributed by atoms with Crippen molar-refractivity contribution in [2.45, 2.75) is 12.5 Å². The van der Waals surface area contributed by atoms with E-state index in [0.29, 0.717) is 6.54 Å². The number of benzene rings is 1. The highest BCUT2D eigenvalue weighted by Gasteiger charge is 2.18. The lowest BCUT2D eigenvalue weighted by Gasteiger charge is -2.23. The molecule has 1 aliphatic rings. The number of halogens is 2. The predicted molar refractivity (Wildman–Crippen MR) is 65.2 cm³/mol. The van der Waals surface area contributed by atoms with Crippen LogP contribution in [0.1, 0.15) is 18.1 Å². The average molecular weight is 256 g/mol. The highest BCUT2D eigenvalue weighted by atomic mass is 19.1. The van der Waals surface area contributed by atoms with Crippen LogP contribution in [0, 0.1) is 11.6 Å². The summed E-state index contributed by atoms with van der Waals surface area (Å²) in [6.07, 6.45) is 0.0111. The molecule has 0 aromatic heterocycles. The molecule has 1 atom stereocenters. The van der Waals surface area contributed by atoms with E-state index >= 15 is 0 Å². The number of aliphatic hydroxyl groups is 1. The van der Waals surface area contributed by atoms with Gasteiger partial charge in [-0.15, -0.1) is 0 Å². The molecule has 2 N–H and O–H groups in total. The third-order valence-electron chi connectivity index (χ3n) is 3.18. The largest absolute Gasteiger partial charge is 0.387 e. The Balaban J connectivity index is 2.01. The molecule has 0 radical (unpaired) electrons. The first-order chi connectivity index (χ1) is 8.66. The van der Waals surface area contributed by atoms with Crippen molar-refractivity contribution in [2.75, 3.05) is 32.7 Å². The van der Waals surface area contributed by atoms with Crippen LogP contribution < -0.4 is 5.32 Å². The van der Waals surface area contributed by atoms with Gasteiger partial charge in [-0.1, -0.05) is 0 Å². The molecule has 0 bridgehead atoms. The second-order valence-electron chi connectivity index (χ2n) is 4.59. The molecule has 1 aliphatic heterocycles. The average Bonchev–Trinajstić information content (AvgIpc) is 2.61. The molecule has 1 aromatic carbocycles. The van der Waals surface area contributed by atoms with Gasteiger partial charge in [-0.05, 0) is 37.7 Å². The van der Waals surface area contributed by atoms with Crippen molar-refractivity contribution < 1.29 is 13.9 Å². The molecule has 100 valence electrons. The minimum Gasteiger partial charge on any atom is -0.387 e. The number of nitrogens with zero attached hydrogens (tertiary/aromatic N) is 1. The van der Waals surface area contributed by atoms with Crippen LogP contribution in [0.5, 0.6) is 0 Å². The Morgan fingerprint density at radius 1 is 1.28 bits per heavy atom. The molecular weight excluding hydrogens is 238 g/mol. The Morgan fingerprint density at radius 3 is 2.94 bits per heavy atom. The van der Waals surface area contributed by atoms with Crippen LogP contribution in [0.15, 0.2) is 18.2 Å². The Morgan fingerprint density at radius 2 is 2.11 bits per heavy atom. The van der Waals surface area contributed by atoms with E-state index in [1.807, 2.05) is 0 Å². The van der Waals surface area contributed by atoms with E-state index in [2.05, 4.69) is 10.2 Å². The molecule has 1 saturated heterocycles. The van der Waals surface area contributed by atoms with E-state index in [1.54, 1.807) is 0 Å². The summed E-state index contributed by atoms with van der Waals surface area (Å²) in [7, 11) is 0. The second kappa shape index (κ2) is 6.22. The zero-order valence-electron chi connectivity index (χ0n) is 10.2. The highest BCUT2D eigenvalue weighted by molar-refractivity contribution is 5.21. The molecular formula is C13H18F2N2O. The fourth-order valence-corrected chi connectivity index (χ4v) is 2.20. The fourth-order valence-electron chi connectivity index (χ4n) is 2.20. The molecule has 1 unspecified atom stereocenters.